The van der Waals surface area contributed by atoms with Crippen molar-refractivity contribution in [3.8, 4) is 11.6 Å². The Morgan fingerprint density at radius 3 is 2.55 bits per heavy atom. The highest BCUT2D eigenvalue weighted by Crippen LogP contribution is 2.16. The molecule has 0 aliphatic rings. The summed E-state index contributed by atoms with van der Waals surface area (Å²) in [7, 11) is 0. The number of amides is 1. The molecule has 2 N–H and O–H groups in total. The van der Waals surface area contributed by atoms with E-state index in [4.69, 9.17) is 4.74 Å². The Hall–Kier alpha value is -3.49. The molecule has 0 aliphatic carbocycles. The van der Waals surface area contributed by atoms with Crippen molar-refractivity contribution < 1.29 is 13.9 Å². The van der Waals surface area contributed by atoms with Gasteiger partial charge in [0, 0.05) is 18.8 Å². The molecule has 0 radical (unpaired) electrons. The fourth-order valence-corrected chi connectivity index (χ4v) is 2.62. The summed E-state index contributed by atoms with van der Waals surface area (Å²) in [5, 5.41) is 18.6. The van der Waals surface area contributed by atoms with Crippen molar-refractivity contribution in [1.29, 1.82) is 0 Å². The Kier molecular flexibility index (Phi) is 6.38. The molecule has 2 heterocycles. The zero-order valence-corrected chi connectivity index (χ0v) is 16.6. The topological polar surface area (TPSA) is 94.0 Å². The summed E-state index contributed by atoms with van der Waals surface area (Å²) in [6.07, 6.45) is 0. The van der Waals surface area contributed by atoms with Crippen LogP contribution >= 0.6 is 0 Å². The minimum Gasteiger partial charge on any atom is -0.481 e. The van der Waals surface area contributed by atoms with Gasteiger partial charge in [-0.3, -0.25) is 4.79 Å². The van der Waals surface area contributed by atoms with Crippen molar-refractivity contribution in [2.45, 2.75) is 20.8 Å². The van der Waals surface area contributed by atoms with Gasteiger partial charge < -0.3 is 15.4 Å². The van der Waals surface area contributed by atoms with E-state index in [1.165, 1.54) is 12.1 Å². The van der Waals surface area contributed by atoms with Crippen LogP contribution in [0.4, 0.5) is 10.2 Å². The van der Waals surface area contributed by atoms with Gasteiger partial charge in [-0.2, -0.15) is 5.10 Å². The van der Waals surface area contributed by atoms with Crippen LogP contribution in [0, 0.1) is 26.6 Å². The summed E-state index contributed by atoms with van der Waals surface area (Å²) in [4.78, 5) is 11.8. The third-order valence-electron chi connectivity index (χ3n) is 4.47. The van der Waals surface area contributed by atoms with Crippen LogP contribution in [0.2, 0.25) is 0 Å². The molecule has 152 valence electrons. The molecule has 3 aromatic rings. The SMILES string of the molecule is Cc1nn(-c2ccc(NCCNC(=O)COc3ccccc3F)nn2)c(C)c1C. The standard InChI is InChI=1S/C20H23FN6O2/c1-13-14(2)26-27(15(13)3)19-9-8-18(24-25-19)22-10-11-23-20(28)12-29-17-7-5-4-6-16(17)21/h4-9H,10-12H2,1-3H3,(H,22,24)(H,23,28). The first kappa shape index (κ1) is 20.2. The summed E-state index contributed by atoms with van der Waals surface area (Å²) in [5.41, 5.74) is 3.11. The molecule has 0 spiro atoms. The fourth-order valence-electron chi connectivity index (χ4n) is 2.62. The Balaban J connectivity index is 1.42. The van der Waals surface area contributed by atoms with Crippen LogP contribution in [0.1, 0.15) is 17.0 Å². The van der Waals surface area contributed by atoms with Gasteiger partial charge in [0.25, 0.3) is 5.91 Å². The van der Waals surface area contributed by atoms with E-state index in [1.54, 1.807) is 22.9 Å². The number of rotatable bonds is 8. The van der Waals surface area contributed by atoms with Crippen molar-refractivity contribution in [2.75, 3.05) is 25.0 Å². The van der Waals surface area contributed by atoms with Crippen LogP contribution in [-0.4, -0.2) is 45.6 Å². The van der Waals surface area contributed by atoms with Gasteiger partial charge in [0.1, 0.15) is 5.82 Å². The molecule has 1 amide bonds. The van der Waals surface area contributed by atoms with Crippen LogP contribution in [0.15, 0.2) is 36.4 Å². The van der Waals surface area contributed by atoms with Gasteiger partial charge in [0.2, 0.25) is 0 Å². The summed E-state index contributed by atoms with van der Waals surface area (Å²) < 4.78 is 20.3. The molecule has 0 fully saturated rings. The number of hydrogen-bond acceptors (Lipinski definition) is 6. The van der Waals surface area contributed by atoms with E-state index < -0.39 is 5.82 Å². The number of carbonyl (C=O) groups excluding carboxylic acids is 1. The predicted molar refractivity (Wildman–Crippen MR) is 107 cm³/mol. The average Bonchev–Trinajstić information content (AvgIpc) is 2.98. The Morgan fingerprint density at radius 2 is 1.90 bits per heavy atom. The van der Waals surface area contributed by atoms with Crippen molar-refractivity contribution in [3.63, 3.8) is 0 Å². The molecule has 0 saturated carbocycles. The summed E-state index contributed by atoms with van der Waals surface area (Å²) in [6.45, 7) is 6.53. The van der Waals surface area contributed by atoms with Gasteiger partial charge in [0.05, 0.1) is 5.69 Å². The van der Waals surface area contributed by atoms with Gasteiger partial charge in [-0.25, -0.2) is 9.07 Å². The number of ether oxygens (including phenoxy) is 1. The molecular formula is C20H23FN6O2. The number of hydrogen-bond donors (Lipinski definition) is 2. The number of aromatic nitrogens is 4. The summed E-state index contributed by atoms with van der Waals surface area (Å²) >= 11 is 0. The van der Waals surface area contributed by atoms with Gasteiger partial charge in [-0.1, -0.05) is 12.1 Å². The molecule has 2 aromatic heterocycles. The Labute approximate surface area is 168 Å². The van der Waals surface area contributed by atoms with Crippen molar-refractivity contribution in [2.24, 2.45) is 0 Å². The number of para-hydroxylation sites is 1. The van der Waals surface area contributed by atoms with E-state index in [0.717, 1.165) is 17.0 Å². The van der Waals surface area contributed by atoms with E-state index in [2.05, 4.69) is 25.9 Å². The third kappa shape index (κ3) is 5.07. The van der Waals surface area contributed by atoms with Crippen molar-refractivity contribution in [3.05, 3.63) is 59.2 Å². The number of anilines is 1. The largest absolute Gasteiger partial charge is 0.481 e. The lowest BCUT2D eigenvalue weighted by Gasteiger charge is -2.09. The van der Waals surface area contributed by atoms with Gasteiger partial charge in [-0.05, 0) is 50.6 Å². The number of carbonyl (C=O) groups is 1. The third-order valence-corrected chi connectivity index (χ3v) is 4.47. The monoisotopic (exact) mass is 398 g/mol. The van der Waals surface area contributed by atoms with Gasteiger partial charge >= 0.3 is 0 Å². The Bertz CT molecular complexity index is 987. The van der Waals surface area contributed by atoms with E-state index >= 15 is 0 Å². The number of halogens is 1. The molecule has 9 heteroatoms. The van der Waals surface area contributed by atoms with E-state index in [0.29, 0.717) is 24.7 Å². The lowest BCUT2D eigenvalue weighted by molar-refractivity contribution is -0.123. The van der Waals surface area contributed by atoms with Gasteiger partial charge in [0.15, 0.2) is 24.0 Å². The second-order valence-corrected chi connectivity index (χ2v) is 6.48. The van der Waals surface area contributed by atoms with E-state index in [9.17, 15) is 9.18 Å². The maximum atomic E-state index is 13.4. The first-order valence-corrected chi connectivity index (χ1v) is 9.20. The smallest absolute Gasteiger partial charge is 0.258 e. The molecule has 8 nitrogen and oxygen atoms in total. The van der Waals surface area contributed by atoms with E-state index in [1.807, 2.05) is 26.8 Å². The fraction of sp³-hybridized carbons (Fsp3) is 0.300. The zero-order chi connectivity index (χ0) is 20.8. The lowest BCUT2D eigenvalue weighted by atomic mass is 10.2. The van der Waals surface area contributed by atoms with Crippen molar-refractivity contribution in [1.82, 2.24) is 25.3 Å². The van der Waals surface area contributed by atoms with Crippen LogP contribution in [-0.2, 0) is 4.79 Å². The minimum atomic E-state index is -0.500. The second kappa shape index (κ2) is 9.13. The minimum absolute atomic E-state index is 0.0499. The Morgan fingerprint density at radius 1 is 1.10 bits per heavy atom. The summed E-state index contributed by atoms with van der Waals surface area (Å²) in [5.74, 6) is 0.441. The molecule has 3 rings (SSSR count). The molecule has 0 atom stereocenters. The van der Waals surface area contributed by atoms with Crippen LogP contribution in [0.3, 0.4) is 0 Å². The second-order valence-electron chi connectivity index (χ2n) is 6.48. The highest BCUT2D eigenvalue weighted by molar-refractivity contribution is 5.77. The molecular weight excluding hydrogens is 375 g/mol. The molecule has 0 bridgehead atoms. The lowest BCUT2D eigenvalue weighted by Crippen LogP contribution is -2.32. The first-order valence-electron chi connectivity index (χ1n) is 9.20. The normalized spacial score (nSPS) is 10.6. The maximum absolute atomic E-state index is 13.4. The molecule has 1 aromatic carbocycles. The molecule has 0 aliphatic heterocycles. The van der Waals surface area contributed by atoms with Crippen molar-refractivity contribution >= 4 is 11.7 Å². The maximum Gasteiger partial charge on any atom is 0.258 e. The van der Waals surface area contributed by atoms with Crippen LogP contribution < -0.4 is 15.4 Å². The molecule has 29 heavy (non-hydrogen) atoms. The quantitative estimate of drug-likeness (QED) is 0.566. The molecule has 0 unspecified atom stereocenters. The highest BCUT2D eigenvalue weighted by Gasteiger charge is 2.10. The number of nitrogens with one attached hydrogen (secondary N) is 2. The van der Waals surface area contributed by atoms with Crippen LogP contribution in [0.25, 0.3) is 5.82 Å². The highest BCUT2D eigenvalue weighted by atomic mass is 19.1. The summed E-state index contributed by atoms with van der Waals surface area (Å²) in [6, 6.07) is 9.58. The number of aryl methyl sites for hydroxylation is 1. The van der Waals surface area contributed by atoms with E-state index in [-0.39, 0.29) is 18.3 Å². The van der Waals surface area contributed by atoms with Gasteiger partial charge in [-0.15, -0.1) is 10.2 Å². The van der Waals surface area contributed by atoms with Crippen LogP contribution in [0.5, 0.6) is 5.75 Å². The zero-order valence-electron chi connectivity index (χ0n) is 16.6. The number of nitrogens with zero attached hydrogens (tertiary/aromatic N) is 4. The molecule has 0 saturated heterocycles. The predicted octanol–water partition coefficient (Wildman–Crippen LogP) is 2.33. The first-order chi connectivity index (χ1) is 14.0. The average molecular weight is 398 g/mol. The number of benzene rings is 1.